The van der Waals surface area contributed by atoms with Crippen LogP contribution in [0, 0.1) is 47.9 Å². The van der Waals surface area contributed by atoms with Crippen LogP contribution in [0.1, 0.15) is 0 Å². The molecule has 0 atom stereocenters. The summed E-state index contributed by atoms with van der Waals surface area (Å²) in [4.78, 5) is 8.36. The second kappa shape index (κ2) is 26.4. The molecule has 7 nitrogen and oxygen atoms in total. The average Bonchev–Trinajstić information content (AvgIpc) is 0.811. The summed E-state index contributed by atoms with van der Waals surface area (Å²) in [6, 6.07) is 0. The zero-order chi connectivity index (χ0) is 3.58. The quantitative estimate of drug-likeness (QED) is 0.289. The summed E-state index contributed by atoms with van der Waals surface area (Å²) in [5.41, 5.74) is 0. The number of hydrogen-bond acceptors (Lipinski definition) is 2. The summed E-state index contributed by atoms with van der Waals surface area (Å²) in [6.45, 7) is 0. The van der Waals surface area contributed by atoms with E-state index < -0.39 is 5.09 Å². The molecule has 0 amide bonds. The molecule has 0 aliphatic carbocycles. The smallest absolute Gasteiger partial charge is 0.291 e. The summed E-state index contributed by atoms with van der Waals surface area (Å²) in [5, 5.41) is 13.6. The molecule has 0 spiro atoms. The average molecular weight is 282 g/mol. The van der Waals surface area contributed by atoms with Crippen molar-refractivity contribution in [3.05, 3.63) is 10.1 Å². The van der Waals surface area contributed by atoms with Crippen molar-refractivity contribution < 1.29 is 64.5 Å². The summed E-state index contributed by atoms with van der Waals surface area (Å²) >= 11 is 0. The Morgan fingerprint density at radius 3 is 1.25 bits per heavy atom. The van der Waals surface area contributed by atoms with Gasteiger partial charge in [-0.1, -0.05) is 0 Å². The van der Waals surface area contributed by atoms with Crippen LogP contribution in [0.2, 0.25) is 0 Å². The molecule has 0 heterocycles. The Morgan fingerprint density at radius 1 is 1.25 bits per heavy atom. The van der Waals surface area contributed by atoms with Gasteiger partial charge in [0.15, 0.2) is 0 Å². The maximum absolute atomic E-state index is 8.36. The van der Waals surface area contributed by atoms with Crippen LogP contribution in [0.3, 0.4) is 0 Å². The monoisotopic (exact) mass is 282 g/mol. The molecular weight excluding hydrogens is 275 g/mol. The summed E-state index contributed by atoms with van der Waals surface area (Å²) < 4.78 is 0. The van der Waals surface area contributed by atoms with E-state index in [4.69, 9.17) is 15.3 Å². The summed E-state index contributed by atoms with van der Waals surface area (Å²) in [5.74, 6) is 0. The van der Waals surface area contributed by atoms with Crippen molar-refractivity contribution >= 4 is 0 Å². The van der Waals surface area contributed by atoms with Crippen molar-refractivity contribution in [3.8, 4) is 0 Å². The minimum Gasteiger partial charge on any atom is -0.412 e. The molecule has 1 radical (unpaired) electrons. The zero-order valence-electron chi connectivity index (χ0n) is 3.51. The van der Waals surface area contributed by atoms with Gasteiger partial charge in [-0.15, -0.1) is 10.1 Å². The summed E-state index contributed by atoms with van der Waals surface area (Å²) in [6.07, 6.45) is 0. The zero-order valence-corrected chi connectivity index (χ0v) is 5.45. The van der Waals surface area contributed by atoms with Crippen LogP contribution in [0.25, 0.3) is 0 Å². The van der Waals surface area contributed by atoms with Crippen LogP contribution < -0.4 is 0 Å². The fourth-order valence-corrected chi connectivity index (χ4v) is 0. The maximum Gasteiger partial charge on any atom is 0.291 e. The van der Waals surface area contributed by atoms with Crippen molar-refractivity contribution in [2.75, 3.05) is 0 Å². The molecule has 0 rings (SSSR count). The van der Waals surface area contributed by atoms with Gasteiger partial charge in [0.1, 0.15) is 0 Å². The van der Waals surface area contributed by atoms with E-state index in [0.717, 1.165) is 0 Å². The molecule has 8 heavy (non-hydrogen) atoms. The van der Waals surface area contributed by atoms with E-state index in [2.05, 4.69) is 0 Å². The first kappa shape index (κ1) is 40.3. The fraction of sp³-hybridized carbons (Fsp3) is 0. The van der Waals surface area contributed by atoms with E-state index in [1.165, 1.54) is 0 Å². The Balaban J connectivity index is -0.00000000750. The van der Waals surface area contributed by atoms with Crippen LogP contribution in [0.4, 0.5) is 0 Å². The molecule has 0 saturated heterocycles. The third-order valence-corrected chi connectivity index (χ3v) is 0. The molecule has 8 heteroatoms. The molecule has 0 saturated carbocycles. The van der Waals surface area contributed by atoms with Gasteiger partial charge < -0.3 is 21.6 Å². The molecule has 0 aromatic rings. The van der Waals surface area contributed by atoms with E-state index >= 15 is 0 Å². The topological polar surface area (TPSA) is 158 Å². The van der Waals surface area contributed by atoms with Crippen molar-refractivity contribution in [2.45, 2.75) is 0 Å². The third kappa shape index (κ3) is 1570. The number of hydrogen-bond donors (Lipinski definition) is 1. The standard InChI is InChI=1S/Ho.HNO3.3H2O/c;2-1(3)4;;;/h;(H,2,3,4);3*1H2. The van der Waals surface area contributed by atoms with Crippen LogP contribution >= 0.6 is 0 Å². The molecule has 0 aliphatic rings. The van der Waals surface area contributed by atoms with E-state index in [9.17, 15) is 0 Å². The molecule has 0 aromatic carbocycles. The van der Waals surface area contributed by atoms with E-state index in [-0.39, 0.29) is 54.2 Å². The third-order valence-electron chi connectivity index (χ3n) is 0. The number of nitrogens with zero attached hydrogens (tertiary/aromatic N) is 1. The van der Waals surface area contributed by atoms with Gasteiger partial charge in [0.25, 0.3) is 5.09 Å². The first-order valence-corrected chi connectivity index (χ1v) is 0.565. The van der Waals surface area contributed by atoms with Crippen molar-refractivity contribution in [2.24, 2.45) is 0 Å². The minimum absolute atomic E-state index is 0. The van der Waals surface area contributed by atoms with Crippen molar-refractivity contribution in [3.63, 3.8) is 0 Å². The van der Waals surface area contributed by atoms with Gasteiger partial charge in [-0.05, 0) is 0 Å². The molecule has 0 aromatic heterocycles. The van der Waals surface area contributed by atoms with Gasteiger partial charge in [0, 0.05) is 37.7 Å². The van der Waals surface area contributed by atoms with Crippen LogP contribution in [-0.2, 0) is 0 Å². The SMILES string of the molecule is O.O.O.O=[N+]([O-])O.[Ho]. The fourth-order valence-electron chi connectivity index (χ4n) is 0. The molecule has 0 aliphatic heterocycles. The van der Waals surface area contributed by atoms with Gasteiger partial charge in [-0.3, -0.25) is 0 Å². The predicted molar refractivity (Wildman–Crippen MR) is 19.6 cm³/mol. The van der Waals surface area contributed by atoms with Crippen LogP contribution in [-0.4, -0.2) is 26.7 Å². The molecule has 59 valence electrons. The Morgan fingerprint density at radius 2 is 1.25 bits per heavy atom. The minimum atomic E-state index is -1.50. The summed E-state index contributed by atoms with van der Waals surface area (Å²) in [7, 11) is 0. The van der Waals surface area contributed by atoms with Gasteiger partial charge in [-0.2, -0.15) is 0 Å². The largest absolute Gasteiger partial charge is 0.412 e. The Hall–Kier alpha value is 0.340. The molecule has 0 unspecified atom stereocenters. The van der Waals surface area contributed by atoms with Crippen molar-refractivity contribution in [1.29, 1.82) is 0 Å². The van der Waals surface area contributed by atoms with Gasteiger partial charge in [0.2, 0.25) is 0 Å². The Bertz CT molecular complexity index is 31.5. The molecular formula is H7HoNO6. The van der Waals surface area contributed by atoms with Crippen LogP contribution in [0.15, 0.2) is 0 Å². The van der Waals surface area contributed by atoms with Gasteiger partial charge >= 0.3 is 0 Å². The Kier molecular flexibility index (Phi) is 133. The first-order chi connectivity index (χ1) is 1.73. The molecule has 7 N–H and O–H groups in total. The molecule has 0 bridgehead atoms. The van der Waals surface area contributed by atoms with Gasteiger partial charge in [-0.25, -0.2) is 0 Å². The predicted octanol–water partition coefficient (Wildman–Crippen LogP) is -2.82. The van der Waals surface area contributed by atoms with Gasteiger partial charge in [0.05, 0.1) is 0 Å². The Labute approximate surface area is 74.3 Å². The number of rotatable bonds is 0. The normalized spacial score (nSPS) is 3.00. The first-order valence-electron chi connectivity index (χ1n) is 0.565. The second-order valence-corrected chi connectivity index (χ2v) is 0.238. The van der Waals surface area contributed by atoms with E-state index in [0.29, 0.717) is 0 Å². The second-order valence-electron chi connectivity index (χ2n) is 0.238. The van der Waals surface area contributed by atoms with Crippen LogP contribution in [0.5, 0.6) is 0 Å². The maximum atomic E-state index is 8.36. The van der Waals surface area contributed by atoms with E-state index in [1.54, 1.807) is 0 Å². The van der Waals surface area contributed by atoms with E-state index in [1.807, 2.05) is 0 Å². The molecule has 0 fully saturated rings. The van der Waals surface area contributed by atoms with Crippen molar-refractivity contribution in [1.82, 2.24) is 0 Å².